The van der Waals surface area contributed by atoms with Crippen LogP contribution in [0.4, 0.5) is 0 Å². The Labute approximate surface area is 121 Å². The Hall–Kier alpha value is -1.02. The minimum Gasteiger partial charge on any atom is -0.497 e. The van der Waals surface area contributed by atoms with E-state index in [1.165, 1.54) is 38.5 Å². The van der Waals surface area contributed by atoms with Gasteiger partial charge in [-0.3, -0.25) is 0 Å². The molecule has 4 fully saturated rings. The predicted octanol–water partition coefficient (Wildman–Crippen LogP) is 3.95. The maximum absolute atomic E-state index is 11.0. The van der Waals surface area contributed by atoms with E-state index < -0.39 is 0 Å². The number of hydrogen-bond donors (Lipinski definition) is 1. The maximum Gasteiger partial charge on any atom is 0.118 e. The second kappa shape index (κ2) is 4.49. The van der Waals surface area contributed by atoms with Gasteiger partial charge in [0.25, 0.3) is 0 Å². The van der Waals surface area contributed by atoms with Crippen LogP contribution in [0.3, 0.4) is 0 Å². The van der Waals surface area contributed by atoms with Gasteiger partial charge in [0.1, 0.15) is 5.75 Å². The Morgan fingerprint density at radius 1 is 1.00 bits per heavy atom. The molecule has 0 saturated heterocycles. The number of aliphatic hydroxyl groups excluding tert-OH is 1. The average Bonchev–Trinajstić information content (AvgIpc) is 2.45. The first-order valence-corrected chi connectivity index (χ1v) is 8.00. The fourth-order valence-electron chi connectivity index (χ4n) is 5.65. The van der Waals surface area contributed by atoms with E-state index in [-0.39, 0.29) is 11.5 Å². The summed E-state index contributed by atoms with van der Waals surface area (Å²) in [4.78, 5) is 0. The van der Waals surface area contributed by atoms with E-state index in [1.807, 2.05) is 24.3 Å². The summed E-state index contributed by atoms with van der Waals surface area (Å²) in [6.45, 7) is 0. The normalized spacial score (nSPS) is 39.8. The molecule has 1 unspecified atom stereocenters. The summed E-state index contributed by atoms with van der Waals surface area (Å²) in [5, 5.41) is 11.0. The molecule has 5 rings (SSSR count). The standard InChI is InChI=1S/C18H24O2/c1-20-16-4-2-15(3-5-16)17(19)18-9-12-6-13(10-18)8-14(7-12)11-18/h2-5,12-14,17,19H,6-11H2,1H3. The summed E-state index contributed by atoms with van der Waals surface area (Å²) < 4.78 is 5.22. The largest absolute Gasteiger partial charge is 0.497 e. The van der Waals surface area contributed by atoms with Crippen molar-refractivity contribution in [1.29, 1.82) is 0 Å². The third-order valence-corrected chi connectivity index (χ3v) is 6.10. The van der Waals surface area contributed by atoms with E-state index >= 15 is 0 Å². The molecule has 1 atom stereocenters. The summed E-state index contributed by atoms with van der Waals surface area (Å²) in [5.41, 5.74) is 1.25. The van der Waals surface area contributed by atoms with E-state index in [9.17, 15) is 5.11 Å². The van der Waals surface area contributed by atoms with E-state index in [0.717, 1.165) is 29.1 Å². The Morgan fingerprint density at radius 2 is 1.50 bits per heavy atom. The molecule has 4 saturated carbocycles. The molecule has 2 heteroatoms. The van der Waals surface area contributed by atoms with Crippen LogP contribution in [0.15, 0.2) is 24.3 Å². The van der Waals surface area contributed by atoms with Crippen LogP contribution in [0, 0.1) is 23.2 Å². The van der Waals surface area contributed by atoms with Crippen molar-refractivity contribution in [1.82, 2.24) is 0 Å². The lowest BCUT2D eigenvalue weighted by Crippen LogP contribution is -2.48. The highest BCUT2D eigenvalue weighted by atomic mass is 16.5. The molecule has 4 bridgehead atoms. The van der Waals surface area contributed by atoms with Gasteiger partial charge in [0.05, 0.1) is 13.2 Å². The van der Waals surface area contributed by atoms with Gasteiger partial charge in [-0.25, -0.2) is 0 Å². The minimum absolute atomic E-state index is 0.170. The van der Waals surface area contributed by atoms with Crippen molar-refractivity contribution >= 4 is 0 Å². The number of ether oxygens (including phenoxy) is 1. The minimum atomic E-state index is -0.290. The molecule has 4 aliphatic rings. The van der Waals surface area contributed by atoms with Gasteiger partial charge in [-0.05, 0) is 74.0 Å². The summed E-state index contributed by atoms with van der Waals surface area (Å²) >= 11 is 0. The van der Waals surface area contributed by atoms with Crippen molar-refractivity contribution in [3.05, 3.63) is 29.8 Å². The van der Waals surface area contributed by atoms with E-state index in [4.69, 9.17) is 4.74 Å². The van der Waals surface area contributed by atoms with Crippen molar-refractivity contribution < 1.29 is 9.84 Å². The highest BCUT2D eigenvalue weighted by Gasteiger charge is 2.54. The molecule has 1 aromatic carbocycles. The summed E-state index contributed by atoms with van der Waals surface area (Å²) in [5.74, 6) is 3.52. The molecule has 0 aromatic heterocycles. The Bertz CT molecular complexity index is 455. The van der Waals surface area contributed by atoms with Crippen LogP contribution in [0.2, 0.25) is 0 Å². The van der Waals surface area contributed by atoms with E-state index in [2.05, 4.69) is 0 Å². The van der Waals surface area contributed by atoms with Crippen LogP contribution in [0.5, 0.6) is 5.75 Å². The van der Waals surface area contributed by atoms with Gasteiger partial charge in [0.2, 0.25) is 0 Å². The zero-order chi connectivity index (χ0) is 13.7. The molecular weight excluding hydrogens is 248 g/mol. The fraction of sp³-hybridized carbons (Fsp3) is 0.667. The Morgan fingerprint density at radius 3 is 1.95 bits per heavy atom. The van der Waals surface area contributed by atoms with Crippen molar-refractivity contribution in [3.8, 4) is 5.75 Å². The van der Waals surface area contributed by atoms with Gasteiger partial charge in [-0.2, -0.15) is 0 Å². The molecule has 4 aliphatic carbocycles. The molecule has 0 heterocycles. The molecule has 1 aromatic rings. The van der Waals surface area contributed by atoms with Gasteiger partial charge in [-0.1, -0.05) is 12.1 Å². The summed E-state index contributed by atoms with van der Waals surface area (Å²) in [6, 6.07) is 8.03. The highest BCUT2D eigenvalue weighted by molar-refractivity contribution is 5.30. The quantitative estimate of drug-likeness (QED) is 0.903. The second-order valence-electron chi connectivity index (χ2n) is 7.46. The van der Waals surface area contributed by atoms with Crippen LogP contribution >= 0.6 is 0 Å². The fourth-order valence-corrected chi connectivity index (χ4v) is 5.65. The average molecular weight is 272 g/mol. The first kappa shape index (κ1) is 12.7. The molecule has 0 radical (unpaired) electrons. The molecule has 108 valence electrons. The van der Waals surface area contributed by atoms with Crippen molar-refractivity contribution in [2.45, 2.75) is 44.6 Å². The van der Waals surface area contributed by atoms with Crippen molar-refractivity contribution in [3.63, 3.8) is 0 Å². The van der Waals surface area contributed by atoms with Gasteiger partial charge in [-0.15, -0.1) is 0 Å². The summed E-state index contributed by atoms with van der Waals surface area (Å²) in [7, 11) is 1.69. The van der Waals surface area contributed by atoms with Gasteiger partial charge < -0.3 is 9.84 Å². The number of hydrogen-bond acceptors (Lipinski definition) is 2. The van der Waals surface area contributed by atoms with Crippen LogP contribution in [0.25, 0.3) is 0 Å². The molecule has 0 amide bonds. The van der Waals surface area contributed by atoms with Crippen molar-refractivity contribution in [2.75, 3.05) is 7.11 Å². The molecular formula is C18H24O2. The van der Waals surface area contributed by atoms with Gasteiger partial charge in [0.15, 0.2) is 0 Å². The zero-order valence-electron chi connectivity index (χ0n) is 12.2. The maximum atomic E-state index is 11.0. The molecule has 0 spiro atoms. The molecule has 0 aliphatic heterocycles. The smallest absolute Gasteiger partial charge is 0.118 e. The van der Waals surface area contributed by atoms with Crippen molar-refractivity contribution in [2.24, 2.45) is 23.2 Å². The Balaban J connectivity index is 1.62. The van der Waals surface area contributed by atoms with Crippen LogP contribution in [-0.2, 0) is 0 Å². The predicted molar refractivity (Wildman–Crippen MR) is 78.6 cm³/mol. The SMILES string of the molecule is COc1ccc(C(O)C23CC4CC(CC(C4)C2)C3)cc1. The first-order chi connectivity index (χ1) is 9.68. The van der Waals surface area contributed by atoms with Crippen LogP contribution < -0.4 is 4.74 Å². The van der Waals surface area contributed by atoms with E-state index in [1.54, 1.807) is 7.11 Å². The third kappa shape index (κ3) is 1.88. The highest BCUT2D eigenvalue weighted by Crippen LogP contribution is 2.64. The number of aliphatic hydroxyl groups is 1. The lowest BCUT2D eigenvalue weighted by atomic mass is 9.47. The van der Waals surface area contributed by atoms with Gasteiger partial charge in [0, 0.05) is 5.41 Å². The lowest BCUT2D eigenvalue weighted by Gasteiger charge is -2.58. The molecule has 1 N–H and O–H groups in total. The number of benzene rings is 1. The Kier molecular flexibility index (Phi) is 2.85. The summed E-state index contributed by atoms with van der Waals surface area (Å²) in [6.07, 6.45) is 7.71. The monoisotopic (exact) mass is 272 g/mol. The molecule has 20 heavy (non-hydrogen) atoms. The van der Waals surface area contributed by atoms with Gasteiger partial charge >= 0.3 is 0 Å². The number of methoxy groups -OCH3 is 1. The third-order valence-electron chi connectivity index (χ3n) is 6.10. The lowest BCUT2D eigenvalue weighted by molar-refractivity contribution is -0.122. The van der Waals surface area contributed by atoms with Crippen LogP contribution in [-0.4, -0.2) is 12.2 Å². The number of rotatable bonds is 3. The topological polar surface area (TPSA) is 29.5 Å². The zero-order valence-corrected chi connectivity index (χ0v) is 12.2. The van der Waals surface area contributed by atoms with Crippen LogP contribution in [0.1, 0.15) is 50.2 Å². The first-order valence-electron chi connectivity index (χ1n) is 8.00. The van der Waals surface area contributed by atoms with E-state index in [0.29, 0.717) is 0 Å². The molecule has 2 nitrogen and oxygen atoms in total. The second-order valence-corrected chi connectivity index (χ2v) is 7.46.